The minimum atomic E-state index is -0.374. The van der Waals surface area contributed by atoms with E-state index in [0.717, 1.165) is 89.5 Å². The van der Waals surface area contributed by atoms with E-state index in [-0.39, 0.29) is 37.2 Å². The zero-order chi connectivity index (χ0) is 37.1. The fourth-order valence-corrected chi connectivity index (χ4v) is 8.22. The molecule has 12 nitrogen and oxygen atoms in total. The maximum atomic E-state index is 11.6. The van der Waals surface area contributed by atoms with Crippen LogP contribution in [0.2, 0.25) is 0 Å². The highest BCUT2D eigenvalue weighted by Crippen LogP contribution is 2.47. The number of benzene rings is 4. The molecule has 5 aliphatic rings. The van der Waals surface area contributed by atoms with Crippen molar-refractivity contribution in [2.75, 3.05) is 34.4 Å². The molecule has 0 radical (unpaired) electrons. The maximum Gasteiger partial charge on any atom is 0.308 e. The van der Waals surface area contributed by atoms with Crippen LogP contribution in [0.25, 0.3) is 22.0 Å². The highest BCUT2D eigenvalue weighted by molar-refractivity contribution is 5.93. The molecule has 13 heteroatoms. The number of fused-ring (bicyclic) bond motifs is 10. The van der Waals surface area contributed by atoms with Crippen molar-refractivity contribution in [1.82, 2.24) is 4.90 Å². The number of pyridine rings is 1. The second-order valence-corrected chi connectivity index (χ2v) is 13.8. The number of nitrogens with zero attached hydrogens (tertiary/aromatic N) is 2. The van der Waals surface area contributed by atoms with Gasteiger partial charge in [0.1, 0.15) is 0 Å². The Balaban J connectivity index is 0.000000153. The lowest BCUT2D eigenvalue weighted by Gasteiger charge is -2.41. The summed E-state index contributed by atoms with van der Waals surface area (Å²) < 4.78 is 46.2. The number of aryl methyl sites for hydroxylation is 2. The van der Waals surface area contributed by atoms with E-state index in [2.05, 4.69) is 39.8 Å². The van der Waals surface area contributed by atoms with Gasteiger partial charge in [0.2, 0.25) is 19.3 Å². The van der Waals surface area contributed by atoms with E-state index in [4.69, 9.17) is 37.9 Å². The molecule has 0 fully saturated rings. The number of hydrogen-bond donors (Lipinski definition) is 0. The highest BCUT2D eigenvalue weighted by Gasteiger charge is 2.36. The Kier molecular flexibility index (Phi) is 9.56. The van der Waals surface area contributed by atoms with Gasteiger partial charge in [-0.25, -0.2) is 0 Å². The summed E-state index contributed by atoms with van der Waals surface area (Å²) in [6.45, 7) is 5.88. The van der Waals surface area contributed by atoms with Gasteiger partial charge in [-0.2, -0.15) is 4.57 Å². The summed E-state index contributed by atoms with van der Waals surface area (Å²) >= 11 is 0. The Morgan fingerprint density at radius 2 is 1.38 bits per heavy atom. The summed E-state index contributed by atoms with van der Waals surface area (Å²) in [4.78, 5) is 25.6. The lowest BCUT2D eigenvalue weighted by molar-refractivity contribution is -0.686. The molecule has 0 aliphatic carbocycles. The third kappa shape index (κ3) is 6.48. The van der Waals surface area contributed by atoms with Crippen LogP contribution in [-0.4, -0.2) is 51.2 Å². The van der Waals surface area contributed by atoms with Gasteiger partial charge in [-0.05, 0) is 82.9 Å². The molecule has 0 amide bonds. The van der Waals surface area contributed by atoms with E-state index in [0.29, 0.717) is 29.8 Å². The largest absolute Gasteiger partial charge is 0.493 e. The second-order valence-electron chi connectivity index (χ2n) is 13.8. The molecular formula is C42H40ClN2O10+. The maximum absolute atomic E-state index is 11.6. The standard InChI is InChI=1S/C21H21NO5.C21H18NO5.ClH/c2*1-12(23)27-21-16-10-22-6-5-14-8-19-20(26-11-25-19)9-15(14)17(22)7-13(16)3-4-18(21)24-2;/h3-4,8-9,17H,5-7,10-11H2,1-2H3;3-4,7-10H,5-6,11H2,1-2H3;1H/q;+1;. The van der Waals surface area contributed by atoms with Gasteiger partial charge < -0.3 is 37.9 Å². The van der Waals surface area contributed by atoms with Gasteiger partial charge in [0.15, 0.2) is 58.7 Å². The van der Waals surface area contributed by atoms with E-state index >= 15 is 0 Å². The second kappa shape index (κ2) is 14.5. The summed E-state index contributed by atoms with van der Waals surface area (Å²) in [5.41, 5.74) is 8.35. The normalized spacial score (nSPS) is 16.5. The molecule has 0 saturated carbocycles. The van der Waals surface area contributed by atoms with Gasteiger partial charge in [0.25, 0.3) is 0 Å². The number of carbonyl (C=O) groups is 2. The molecule has 1 unspecified atom stereocenters. The highest BCUT2D eigenvalue weighted by atomic mass is 35.5. The first-order valence-corrected chi connectivity index (χ1v) is 18.0. The number of carbonyl (C=O) groups excluding carboxylic acids is 2. The van der Waals surface area contributed by atoms with Crippen LogP contribution in [0.4, 0.5) is 0 Å². The van der Waals surface area contributed by atoms with Crippen LogP contribution in [0.1, 0.15) is 47.7 Å². The van der Waals surface area contributed by atoms with E-state index in [9.17, 15) is 9.59 Å². The molecular weight excluding hydrogens is 728 g/mol. The molecule has 0 spiro atoms. The van der Waals surface area contributed by atoms with Crippen molar-refractivity contribution in [3.05, 3.63) is 88.6 Å². The molecule has 6 heterocycles. The molecule has 10 rings (SSSR count). The molecule has 0 bridgehead atoms. The van der Waals surface area contributed by atoms with Crippen LogP contribution >= 0.6 is 12.4 Å². The van der Waals surface area contributed by atoms with Crippen LogP contribution < -0.4 is 42.5 Å². The predicted molar refractivity (Wildman–Crippen MR) is 202 cm³/mol. The van der Waals surface area contributed by atoms with Gasteiger partial charge in [-0.1, -0.05) is 6.07 Å². The summed E-state index contributed by atoms with van der Waals surface area (Å²) in [5, 5.41) is 1.82. The van der Waals surface area contributed by atoms with Gasteiger partial charge >= 0.3 is 11.9 Å². The minimum Gasteiger partial charge on any atom is -0.493 e. The van der Waals surface area contributed by atoms with Gasteiger partial charge in [0, 0.05) is 51.0 Å². The number of rotatable bonds is 4. The first-order valence-electron chi connectivity index (χ1n) is 18.0. The predicted octanol–water partition coefficient (Wildman–Crippen LogP) is 6.44. The van der Waals surface area contributed by atoms with Crippen LogP contribution in [0, 0.1) is 0 Å². The molecule has 5 aliphatic heterocycles. The number of ether oxygens (including phenoxy) is 8. The molecule has 1 aromatic heterocycles. The Morgan fingerprint density at radius 3 is 2.09 bits per heavy atom. The van der Waals surface area contributed by atoms with Crippen molar-refractivity contribution in [3.63, 3.8) is 0 Å². The number of halogens is 1. The summed E-state index contributed by atoms with van der Waals surface area (Å²) in [6.07, 6.45) is 4.74. The zero-order valence-corrected chi connectivity index (χ0v) is 31.7. The van der Waals surface area contributed by atoms with Crippen molar-refractivity contribution in [1.29, 1.82) is 0 Å². The van der Waals surface area contributed by atoms with Crippen LogP contribution in [0.5, 0.6) is 46.0 Å². The van der Waals surface area contributed by atoms with Crippen molar-refractivity contribution in [2.45, 2.75) is 52.2 Å². The minimum absolute atomic E-state index is 0. The quantitative estimate of drug-likeness (QED) is 0.114. The Hall–Kier alpha value is -5.72. The van der Waals surface area contributed by atoms with Crippen molar-refractivity contribution < 1.29 is 52.1 Å². The average molecular weight is 768 g/mol. The number of methoxy groups -OCH3 is 2. The van der Waals surface area contributed by atoms with E-state index < -0.39 is 0 Å². The van der Waals surface area contributed by atoms with Crippen LogP contribution in [0.3, 0.4) is 0 Å². The van der Waals surface area contributed by atoms with Crippen molar-refractivity contribution in [2.24, 2.45) is 0 Å². The van der Waals surface area contributed by atoms with Crippen LogP contribution in [0.15, 0.2) is 60.8 Å². The molecule has 1 atom stereocenters. The van der Waals surface area contributed by atoms with Crippen molar-refractivity contribution >= 4 is 35.1 Å². The first-order chi connectivity index (χ1) is 26.3. The van der Waals surface area contributed by atoms with Crippen LogP contribution in [-0.2, 0) is 41.9 Å². The van der Waals surface area contributed by atoms with Gasteiger partial charge in [0.05, 0.1) is 25.2 Å². The fraction of sp³-hybridized carbons (Fsp3) is 0.310. The third-order valence-electron chi connectivity index (χ3n) is 10.7. The summed E-state index contributed by atoms with van der Waals surface area (Å²) in [5.74, 6) is 4.70. The van der Waals surface area contributed by atoms with Crippen molar-refractivity contribution in [3.8, 4) is 57.3 Å². The van der Waals surface area contributed by atoms with Gasteiger partial charge in [-0.3, -0.25) is 14.5 Å². The molecule has 0 saturated heterocycles. The Morgan fingerprint density at radius 1 is 0.745 bits per heavy atom. The number of esters is 2. The average Bonchev–Trinajstić information content (AvgIpc) is 3.84. The smallest absolute Gasteiger partial charge is 0.308 e. The summed E-state index contributed by atoms with van der Waals surface area (Å²) in [6, 6.07) is 18.5. The lowest BCUT2D eigenvalue weighted by atomic mass is 9.83. The SMILES string of the molecule is COc1ccc2c(c1OC(C)=O)CN1CCc3cc4c(cc3C1C2)OCO4.COc1ccc2cc3[n+](cc2c1OC(C)=O)CCc1cc2c(cc1-3)OCO2.Cl. The van der Waals surface area contributed by atoms with E-state index in [1.165, 1.54) is 36.1 Å². The molecule has 284 valence electrons. The topological polar surface area (TPSA) is 115 Å². The first kappa shape index (κ1) is 36.3. The number of hydrogen-bond acceptors (Lipinski definition) is 11. The third-order valence-corrected chi connectivity index (χ3v) is 10.7. The summed E-state index contributed by atoms with van der Waals surface area (Å²) in [7, 11) is 3.17. The van der Waals surface area contributed by atoms with Gasteiger partial charge in [-0.15, -0.1) is 12.4 Å². The monoisotopic (exact) mass is 767 g/mol. The van der Waals surface area contributed by atoms with E-state index in [1.807, 2.05) is 30.5 Å². The lowest BCUT2D eigenvalue weighted by Crippen LogP contribution is -2.40. The zero-order valence-electron chi connectivity index (χ0n) is 30.9. The molecule has 55 heavy (non-hydrogen) atoms. The fourth-order valence-electron chi connectivity index (χ4n) is 8.22. The van der Waals surface area contributed by atoms with E-state index in [1.54, 1.807) is 14.2 Å². The Bertz CT molecular complexity index is 2380. The Labute approximate surface area is 323 Å². The molecule has 4 aromatic carbocycles. The molecule has 0 N–H and O–H groups in total. The number of aromatic nitrogens is 1. The molecule has 5 aromatic rings.